The average Bonchev–Trinajstić information content (AvgIpc) is 2.85. The molecule has 0 unspecified atom stereocenters. The zero-order valence-electron chi connectivity index (χ0n) is 10.5. The van der Waals surface area contributed by atoms with Crippen molar-refractivity contribution in [1.82, 2.24) is 15.2 Å². The van der Waals surface area contributed by atoms with Crippen LogP contribution in [-0.4, -0.2) is 21.8 Å². The molecule has 0 atom stereocenters. The summed E-state index contributed by atoms with van der Waals surface area (Å²) in [6.07, 6.45) is 4.19. The third-order valence-electron chi connectivity index (χ3n) is 2.29. The van der Waals surface area contributed by atoms with Crippen LogP contribution in [0.3, 0.4) is 0 Å². The highest BCUT2D eigenvalue weighted by Crippen LogP contribution is 2.13. The fourth-order valence-corrected chi connectivity index (χ4v) is 1.45. The lowest BCUT2D eigenvalue weighted by Gasteiger charge is -2.05. The minimum atomic E-state index is 0.425. The number of aryl methyl sites for hydroxylation is 1. The Balaban J connectivity index is 1.94. The molecular weight excluding hydrogens is 232 g/mol. The van der Waals surface area contributed by atoms with E-state index < -0.39 is 0 Å². The van der Waals surface area contributed by atoms with Gasteiger partial charge in [-0.2, -0.15) is 0 Å². The minimum Gasteiger partial charge on any atom is -0.492 e. The van der Waals surface area contributed by atoms with Gasteiger partial charge in [0.25, 0.3) is 0 Å². The van der Waals surface area contributed by atoms with E-state index in [4.69, 9.17) is 9.15 Å². The number of rotatable bonds is 6. The maximum Gasteiger partial charge on any atom is 0.315 e. The molecule has 0 fully saturated rings. The predicted molar refractivity (Wildman–Crippen MR) is 66.4 cm³/mol. The summed E-state index contributed by atoms with van der Waals surface area (Å²) >= 11 is 0. The van der Waals surface area contributed by atoms with Crippen molar-refractivity contribution in [2.75, 3.05) is 11.9 Å². The van der Waals surface area contributed by atoms with E-state index in [0.717, 1.165) is 17.7 Å². The van der Waals surface area contributed by atoms with Crippen molar-refractivity contribution in [2.24, 2.45) is 0 Å². The Labute approximate surface area is 105 Å². The molecule has 96 valence electrons. The summed E-state index contributed by atoms with van der Waals surface area (Å²) in [7, 11) is 0. The first-order chi connectivity index (χ1) is 8.81. The van der Waals surface area contributed by atoms with Gasteiger partial charge in [-0.15, -0.1) is 5.10 Å². The van der Waals surface area contributed by atoms with Gasteiger partial charge in [-0.1, -0.05) is 12.0 Å². The second-order valence-corrected chi connectivity index (χ2v) is 3.67. The molecular formula is C12H16N4O2. The third-order valence-corrected chi connectivity index (χ3v) is 2.29. The quantitative estimate of drug-likeness (QED) is 0.843. The molecule has 0 aliphatic carbocycles. The molecule has 0 aliphatic heterocycles. The average molecular weight is 248 g/mol. The first kappa shape index (κ1) is 12.3. The van der Waals surface area contributed by atoms with Gasteiger partial charge in [-0.3, -0.25) is 4.98 Å². The zero-order valence-corrected chi connectivity index (χ0v) is 10.5. The molecule has 18 heavy (non-hydrogen) atoms. The Morgan fingerprint density at radius 1 is 1.28 bits per heavy atom. The lowest BCUT2D eigenvalue weighted by molar-refractivity contribution is 0.338. The van der Waals surface area contributed by atoms with E-state index in [9.17, 15) is 0 Å². The Bertz CT molecular complexity index is 498. The summed E-state index contributed by atoms with van der Waals surface area (Å²) in [4.78, 5) is 4.11. The molecule has 0 saturated heterocycles. The van der Waals surface area contributed by atoms with Crippen molar-refractivity contribution in [3.05, 3.63) is 29.9 Å². The number of hydrogen-bond acceptors (Lipinski definition) is 6. The van der Waals surface area contributed by atoms with E-state index in [0.29, 0.717) is 25.1 Å². The maximum atomic E-state index is 5.38. The van der Waals surface area contributed by atoms with Gasteiger partial charge in [0.2, 0.25) is 5.89 Å². The molecule has 0 amide bonds. The molecule has 2 rings (SSSR count). The number of anilines is 1. The maximum absolute atomic E-state index is 5.38. The van der Waals surface area contributed by atoms with Crippen molar-refractivity contribution in [1.29, 1.82) is 0 Å². The SMILES string of the molecule is CCOc1cncc(CNc2nnc(CC)o2)c1. The number of nitrogens with one attached hydrogen (secondary N) is 1. The lowest BCUT2D eigenvalue weighted by Crippen LogP contribution is -2.01. The van der Waals surface area contributed by atoms with Crippen LogP contribution in [0.1, 0.15) is 25.3 Å². The second-order valence-electron chi connectivity index (χ2n) is 3.67. The van der Waals surface area contributed by atoms with Crippen LogP contribution >= 0.6 is 0 Å². The van der Waals surface area contributed by atoms with Crippen molar-refractivity contribution < 1.29 is 9.15 Å². The van der Waals surface area contributed by atoms with Crippen LogP contribution in [0.15, 0.2) is 22.9 Å². The van der Waals surface area contributed by atoms with Crippen LogP contribution in [0.4, 0.5) is 6.01 Å². The van der Waals surface area contributed by atoms with E-state index >= 15 is 0 Å². The number of ether oxygens (including phenoxy) is 1. The van der Waals surface area contributed by atoms with E-state index in [1.807, 2.05) is 19.9 Å². The minimum absolute atomic E-state index is 0.425. The highest BCUT2D eigenvalue weighted by molar-refractivity contribution is 5.27. The fourth-order valence-electron chi connectivity index (χ4n) is 1.45. The topological polar surface area (TPSA) is 73.1 Å². The molecule has 0 aliphatic rings. The molecule has 6 nitrogen and oxygen atoms in total. The molecule has 0 bridgehead atoms. The number of hydrogen-bond donors (Lipinski definition) is 1. The van der Waals surface area contributed by atoms with Gasteiger partial charge in [0.1, 0.15) is 5.75 Å². The van der Waals surface area contributed by atoms with Gasteiger partial charge in [-0.05, 0) is 18.6 Å². The molecule has 2 aromatic heterocycles. The van der Waals surface area contributed by atoms with Crippen LogP contribution < -0.4 is 10.1 Å². The number of pyridine rings is 1. The van der Waals surface area contributed by atoms with Gasteiger partial charge in [0.15, 0.2) is 0 Å². The van der Waals surface area contributed by atoms with Crippen molar-refractivity contribution >= 4 is 6.01 Å². The van der Waals surface area contributed by atoms with Crippen LogP contribution in [0.2, 0.25) is 0 Å². The van der Waals surface area contributed by atoms with E-state index in [-0.39, 0.29) is 0 Å². The normalized spacial score (nSPS) is 10.3. The first-order valence-corrected chi connectivity index (χ1v) is 5.94. The van der Waals surface area contributed by atoms with Crippen LogP contribution in [0.25, 0.3) is 0 Å². The van der Waals surface area contributed by atoms with Crippen molar-refractivity contribution in [2.45, 2.75) is 26.8 Å². The predicted octanol–water partition coefficient (Wildman–Crippen LogP) is 2.04. The van der Waals surface area contributed by atoms with Gasteiger partial charge >= 0.3 is 6.01 Å². The largest absolute Gasteiger partial charge is 0.492 e. The summed E-state index contributed by atoms with van der Waals surface area (Å²) < 4.78 is 10.7. The molecule has 2 heterocycles. The zero-order chi connectivity index (χ0) is 12.8. The molecule has 0 spiro atoms. The van der Waals surface area contributed by atoms with Crippen LogP contribution in [-0.2, 0) is 13.0 Å². The molecule has 0 saturated carbocycles. The van der Waals surface area contributed by atoms with E-state index in [1.165, 1.54) is 0 Å². The molecule has 0 radical (unpaired) electrons. The lowest BCUT2D eigenvalue weighted by atomic mass is 10.3. The van der Waals surface area contributed by atoms with Crippen LogP contribution in [0.5, 0.6) is 5.75 Å². The Morgan fingerprint density at radius 3 is 2.89 bits per heavy atom. The fraction of sp³-hybridized carbons (Fsp3) is 0.417. The molecule has 1 N–H and O–H groups in total. The van der Waals surface area contributed by atoms with Crippen molar-refractivity contribution in [3.63, 3.8) is 0 Å². The van der Waals surface area contributed by atoms with Crippen molar-refractivity contribution in [3.8, 4) is 5.75 Å². The number of aromatic nitrogens is 3. The van der Waals surface area contributed by atoms with E-state index in [2.05, 4.69) is 20.5 Å². The Kier molecular flexibility index (Phi) is 4.11. The smallest absolute Gasteiger partial charge is 0.315 e. The van der Waals surface area contributed by atoms with Gasteiger partial charge in [0.05, 0.1) is 12.8 Å². The summed E-state index contributed by atoms with van der Waals surface area (Å²) in [5, 5.41) is 10.8. The van der Waals surface area contributed by atoms with Crippen LogP contribution in [0, 0.1) is 0 Å². The summed E-state index contributed by atoms with van der Waals surface area (Å²) in [5.41, 5.74) is 0.997. The number of nitrogens with zero attached hydrogens (tertiary/aromatic N) is 3. The van der Waals surface area contributed by atoms with Gasteiger partial charge in [0, 0.05) is 19.2 Å². The molecule has 0 aromatic carbocycles. The summed E-state index contributed by atoms with van der Waals surface area (Å²) in [6.45, 7) is 5.10. The molecule has 6 heteroatoms. The monoisotopic (exact) mass is 248 g/mol. The third kappa shape index (κ3) is 3.19. The van der Waals surface area contributed by atoms with Gasteiger partial charge < -0.3 is 14.5 Å². The first-order valence-electron chi connectivity index (χ1n) is 5.94. The highest BCUT2D eigenvalue weighted by Gasteiger charge is 2.04. The highest BCUT2D eigenvalue weighted by atomic mass is 16.5. The second kappa shape index (κ2) is 6.00. The standard InChI is InChI=1S/C12H16N4O2/c1-3-11-15-16-12(18-11)14-7-9-5-10(17-4-2)8-13-6-9/h5-6,8H,3-4,7H2,1-2H3,(H,14,16). The Hall–Kier alpha value is -2.11. The summed E-state index contributed by atoms with van der Waals surface area (Å²) in [5.74, 6) is 1.38. The molecule has 2 aromatic rings. The Morgan fingerprint density at radius 2 is 2.17 bits per heavy atom. The summed E-state index contributed by atoms with van der Waals surface area (Å²) in [6, 6.07) is 2.36. The van der Waals surface area contributed by atoms with Gasteiger partial charge in [-0.25, -0.2) is 0 Å². The van der Waals surface area contributed by atoms with E-state index in [1.54, 1.807) is 12.4 Å².